The molecule has 4 nitrogen and oxygen atoms in total. The Balaban J connectivity index is 1.45. The maximum Gasteiger partial charge on any atom is 0.135 e. The van der Waals surface area contributed by atoms with Gasteiger partial charge in [0.1, 0.15) is 12.2 Å². The van der Waals surface area contributed by atoms with Gasteiger partial charge in [-0.2, -0.15) is 0 Å². The lowest BCUT2D eigenvalue weighted by molar-refractivity contribution is 0.579. The van der Waals surface area contributed by atoms with Gasteiger partial charge in [0.15, 0.2) is 0 Å². The van der Waals surface area contributed by atoms with Crippen LogP contribution in [0.1, 0.15) is 30.1 Å². The van der Waals surface area contributed by atoms with Gasteiger partial charge >= 0.3 is 0 Å². The van der Waals surface area contributed by atoms with Crippen LogP contribution in [0.5, 0.6) is 0 Å². The summed E-state index contributed by atoms with van der Waals surface area (Å²) in [6, 6.07) is 8.40. The first-order valence-corrected chi connectivity index (χ1v) is 7.45. The molecular weight excluding hydrogens is 304 g/mol. The van der Waals surface area contributed by atoms with E-state index in [0.717, 1.165) is 29.9 Å². The maximum absolute atomic E-state index is 4.20. The average molecular weight is 321 g/mol. The number of rotatable bonds is 6. The Labute approximate surface area is 121 Å². The van der Waals surface area contributed by atoms with Gasteiger partial charge in [-0.15, -0.1) is 10.2 Å². The van der Waals surface area contributed by atoms with Crippen molar-refractivity contribution in [3.63, 3.8) is 0 Å². The number of aromatic nitrogens is 3. The zero-order valence-electron chi connectivity index (χ0n) is 10.7. The predicted molar refractivity (Wildman–Crippen MR) is 77.8 cm³/mol. The molecule has 5 heteroatoms. The largest absolute Gasteiger partial charge is 0.316 e. The van der Waals surface area contributed by atoms with Gasteiger partial charge in [0, 0.05) is 30.0 Å². The molecule has 0 atom stereocenters. The Morgan fingerprint density at radius 1 is 1.26 bits per heavy atom. The molecule has 0 radical (unpaired) electrons. The molecule has 0 unspecified atom stereocenters. The zero-order chi connectivity index (χ0) is 13.1. The first-order valence-electron chi connectivity index (χ1n) is 6.66. The smallest absolute Gasteiger partial charge is 0.135 e. The summed E-state index contributed by atoms with van der Waals surface area (Å²) in [5.74, 6) is 1.82. The van der Waals surface area contributed by atoms with E-state index in [-0.39, 0.29) is 0 Å². The fourth-order valence-corrected chi connectivity index (χ4v) is 2.39. The minimum Gasteiger partial charge on any atom is -0.316 e. The summed E-state index contributed by atoms with van der Waals surface area (Å²) < 4.78 is 3.29. The fraction of sp³-hybridized carbons (Fsp3) is 0.429. The van der Waals surface area contributed by atoms with Crippen molar-refractivity contribution in [2.45, 2.75) is 31.8 Å². The van der Waals surface area contributed by atoms with E-state index in [0.29, 0.717) is 5.92 Å². The van der Waals surface area contributed by atoms with Crippen LogP contribution >= 0.6 is 15.9 Å². The van der Waals surface area contributed by atoms with Gasteiger partial charge in [-0.3, -0.25) is 0 Å². The summed E-state index contributed by atoms with van der Waals surface area (Å²) in [6.45, 7) is 2.78. The van der Waals surface area contributed by atoms with Gasteiger partial charge in [0.25, 0.3) is 0 Å². The van der Waals surface area contributed by atoms with Crippen molar-refractivity contribution in [3.05, 3.63) is 46.5 Å². The van der Waals surface area contributed by atoms with E-state index in [1.54, 1.807) is 0 Å². The molecule has 0 bridgehead atoms. The Bertz CT molecular complexity index is 531. The van der Waals surface area contributed by atoms with E-state index in [1.807, 2.05) is 6.33 Å². The highest BCUT2D eigenvalue weighted by Gasteiger charge is 2.28. The molecule has 0 saturated heterocycles. The van der Waals surface area contributed by atoms with Gasteiger partial charge in [0.05, 0.1) is 0 Å². The number of nitrogens with zero attached hydrogens (tertiary/aromatic N) is 3. The lowest BCUT2D eigenvalue weighted by atomic mass is 10.2. The molecule has 1 saturated carbocycles. The third-order valence-corrected chi connectivity index (χ3v) is 3.89. The minimum atomic E-state index is 0.661. The quantitative estimate of drug-likeness (QED) is 0.832. The van der Waals surface area contributed by atoms with Gasteiger partial charge in [0.2, 0.25) is 0 Å². The van der Waals surface area contributed by atoms with Crippen LogP contribution in [-0.4, -0.2) is 21.3 Å². The van der Waals surface area contributed by atoms with E-state index >= 15 is 0 Å². The molecular formula is C14H17BrN4. The van der Waals surface area contributed by atoms with Crippen LogP contribution < -0.4 is 5.32 Å². The van der Waals surface area contributed by atoms with Gasteiger partial charge < -0.3 is 9.88 Å². The molecule has 0 aliphatic heterocycles. The summed E-state index contributed by atoms with van der Waals surface area (Å²) in [4.78, 5) is 0. The summed E-state index contributed by atoms with van der Waals surface area (Å²) in [7, 11) is 0. The van der Waals surface area contributed by atoms with E-state index in [1.165, 1.54) is 18.4 Å². The molecule has 1 aliphatic rings. The van der Waals surface area contributed by atoms with Gasteiger partial charge in [-0.1, -0.05) is 28.1 Å². The van der Waals surface area contributed by atoms with E-state index in [4.69, 9.17) is 0 Å². The van der Waals surface area contributed by atoms with Crippen molar-refractivity contribution in [2.75, 3.05) is 6.54 Å². The van der Waals surface area contributed by atoms with Gasteiger partial charge in [-0.05, 0) is 30.5 Å². The summed E-state index contributed by atoms with van der Waals surface area (Å²) in [5, 5.41) is 11.7. The van der Waals surface area contributed by atoms with E-state index < -0.39 is 0 Å². The highest BCUT2D eigenvalue weighted by Crippen LogP contribution is 2.38. The zero-order valence-corrected chi connectivity index (χ0v) is 12.3. The molecule has 100 valence electrons. The monoisotopic (exact) mass is 320 g/mol. The fourth-order valence-electron chi connectivity index (χ4n) is 2.13. The van der Waals surface area contributed by atoms with Crippen LogP contribution in [0.3, 0.4) is 0 Å². The molecule has 1 fully saturated rings. The molecule has 1 aromatic heterocycles. The lowest BCUT2D eigenvalue weighted by Gasteiger charge is -2.07. The maximum atomic E-state index is 4.20. The van der Waals surface area contributed by atoms with Crippen LogP contribution in [0, 0.1) is 0 Å². The second-order valence-electron chi connectivity index (χ2n) is 4.96. The summed E-state index contributed by atoms with van der Waals surface area (Å²) in [5.41, 5.74) is 1.30. The molecule has 1 aromatic carbocycles. The summed E-state index contributed by atoms with van der Waals surface area (Å²) in [6.07, 6.45) is 4.38. The Morgan fingerprint density at radius 3 is 2.79 bits per heavy atom. The van der Waals surface area contributed by atoms with Gasteiger partial charge in [-0.25, -0.2) is 0 Å². The van der Waals surface area contributed by atoms with Crippen LogP contribution in [0.15, 0.2) is 35.1 Å². The number of nitrogens with one attached hydrogen (secondary N) is 1. The lowest BCUT2D eigenvalue weighted by Crippen LogP contribution is -2.20. The number of hydrogen-bond acceptors (Lipinski definition) is 3. The van der Waals surface area contributed by atoms with Crippen LogP contribution in [-0.2, 0) is 13.1 Å². The minimum absolute atomic E-state index is 0.661. The van der Waals surface area contributed by atoms with Crippen molar-refractivity contribution in [3.8, 4) is 0 Å². The van der Waals surface area contributed by atoms with Crippen molar-refractivity contribution in [1.82, 2.24) is 20.1 Å². The molecule has 2 aromatic rings. The highest BCUT2D eigenvalue weighted by atomic mass is 79.9. The Hall–Kier alpha value is -1.20. The molecule has 3 rings (SSSR count). The molecule has 19 heavy (non-hydrogen) atoms. The predicted octanol–water partition coefficient (Wildman–Crippen LogP) is 2.71. The first-order chi connectivity index (χ1) is 9.33. The van der Waals surface area contributed by atoms with Crippen molar-refractivity contribution >= 4 is 15.9 Å². The third kappa shape index (κ3) is 3.42. The average Bonchev–Trinajstić information content (AvgIpc) is 3.16. The topological polar surface area (TPSA) is 42.7 Å². The van der Waals surface area contributed by atoms with Crippen molar-refractivity contribution in [1.29, 1.82) is 0 Å². The summed E-state index contributed by atoms with van der Waals surface area (Å²) >= 11 is 3.44. The molecule has 1 aliphatic carbocycles. The third-order valence-electron chi connectivity index (χ3n) is 3.36. The van der Waals surface area contributed by atoms with Crippen LogP contribution in [0.2, 0.25) is 0 Å². The van der Waals surface area contributed by atoms with E-state index in [2.05, 4.69) is 60.3 Å². The van der Waals surface area contributed by atoms with Crippen molar-refractivity contribution in [2.24, 2.45) is 0 Å². The van der Waals surface area contributed by atoms with E-state index in [9.17, 15) is 0 Å². The highest BCUT2D eigenvalue weighted by molar-refractivity contribution is 9.10. The first kappa shape index (κ1) is 12.8. The molecule has 1 N–H and O–H groups in total. The SMILES string of the molecule is Brc1ccc(CNCCn2cnnc2C2CC2)cc1. The number of hydrogen-bond donors (Lipinski definition) is 1. The molecule has 0 spiro atoms. The van der Waals surface area contributed by atoms with Crippen LogP contribution in [0.4, 0.5) is 0 Å². The number of benzene rings is 1. The standard InChI is InChI=1S/C14H17BrN4/c15-13-5-1-11(2-6-13)9-16-7-8-19-10-17-18-14(19)12-3-4-12/h1-2,5-6,10,12,16H,3-4,7-9H2. The Kier molecular flexibility index (Phi) is 3.94. The molecule has 1 heterocycles. The van der Waals surface area contributed by atoms with Crippen molar-refractivity contribution < 1.29 is 0 Å². The normalized spacial score (nSPS) is 14.8. The Morgan fingerprint density at radius 2 is 2.05 bits per heavy atom. The second kappa shape index (κ2) is 5.84. The van der Waals surface area contributed by atoms with Crippen LogP contribution in [0.25, 0.3) is 0 Å². The number of halogens is 1. The second-order valence-corrected chi connectivity index (χ2v) is 5.88. The molecule has 0 amide bonds.